The number of fused-ring (bicyclic) bond motifs is 1. The van der Waals surface area contributed by atoms with Crippen molar-refractivity contribution in [2.24, 2.45) is 0 Å². The highest BCUT2D eigenvalue weighted by Gasteiger charge is 2.26. The van der Waals surface area contributed by atoms with Crippen LogP contribution in [0.15, 0.2) is 29.0 Å². The summed E-state index contributed by atoms with van der Waals surface area (Å²) < 4.78 is 2.85. The SMILES string of the molecule is Brc1cnc(N2CCC(c3nnc4ccc(N5CCCC5)nn34)CC2)nc1. The Morgan fingerprint density at radius 3 is 2.37 bits per heavy atom. The fourth-order valence-electron chi connectivity index (χ4n) is 3.97. The van der Waals surface area contributed by atoms with Gasteiger partial charge in [-0.3, -0.25) is 0 Å². The van der Waals surface area contributed by atoms with E-state index >= 15 is 0 Å². The Bertz CT molecular complexity index is 926. The van der Waals surface area contributed by atoms with Gasteiger partial charge in [-0.15, -0.1) is 15.3 Å². The maximum Gasteiger partial charge on any atom is 0.225 e. The summed E-state index contributed by atoms with van der Waals surface area (Å²) in [6.07, 6.45) is 8.07. The Labute approximate surface area is 165 Å². The Morgan fingerprint density at radius 1 is 0.889 bits per heavy atom. The van der Waals surface area contributed by atoms with Crippen LogP contribution < -0.4 is 9.80 Å². The van der Waals surface area contributed by atoms with Crippen LogP contribution >= 0.6 is 15.9 Å². The lowest BCUT2D eigenvalue weighted by Gasteiger charge is -2.31. The van der Waals surface area contributed by atoms with Gasteiger partial charge >= 0.3 is 0 Å². The van der Waals surface area contributed by atoms with Crippen molar-refractivity contribution in [2.75, 3.05) is 36.0 Å². The average Bonchev–Trinajstić information content (AvgIpc) is 3.38. The molecule has 0 spiro atoms. The van der Waals surface area contributed by atoms with Gasteiger partial charge in [-0.2, -0.15) is 4.52 Å². The fraction of sp³-hybridized carbons (Fsp3) is 0.500. The fourth-order valence-corrected chi connectivity index (χ4v) is 4.18. The number of halogens is 1. The zero-order valence-electron chi connectivity index (χ0n) is 15.0. The van der Waals surface area contributed by atoms with Crippen LogP contribution in [-0.4, -0.2) is 56.0 Å². The van der Waals surface area contributed by atoms with Crippen molar-refractivity contribution in [2.45, 2.75) is 31.6 Å². The second-order valence-electron chi connectivity index (χ2n) is 7.18. The van der Waals surface area contributed by atoms with E-state index in [1.807, 2.05) is 10.6 Å². The third-order valence-corrected chi connectivity index (χ3v) is 5.86. The van der Waals surface area contributed by atoms with Gasteiger partial charge in [0, 0.05) is 44.5 Å². The van der Waals surface area contributed by atoms with E-state index in [9.17, 15) is 0 Å². The number of rotatable bonds is 3. The molecule has 2 aliphatic heterocycles. The molecule has 3 aromatic heterocycles. The average molecular weight is 429 g/mol. The third kappa shape index (κ3) is 3.24. The van der Waals surface area contributed by atoms with Crippen LogP contribution in [0.4, 0.5) is 11.8 Å². The van der Waals surface area contributed by atoms with Crippen molar-refractivity contribution in [1.29, 1.82) is 0 Å². The normalized spacial score (nSPS) is 18.6. The molecular formula is C18H21BrN8. The van der Waals surface area contributed by atoms with E-state index < -0.39 is 0 Å². The largest absolute Gasteiger partial charge is 0.355 e. The van der Waals surface area contributed by atoms with Crippen LogP contribution in [0.3, 0.4) is 0 Å². The summed E-state index contributed by atoms with van der Waals surface area (Å²) in [6, 6.07) is 4.09. The standard InChI is InChI=1S/C18H21BrN8/c19-14-11-20-18(21-12-14)26-9-5-13(6-10-26)17-23-22-15-3-4-16(24-27(15)17)25-7-1-2-8-25/h3-4,11-13H,1-2,5-10H2. The van der Waals surface area contributed by atoms with Gasteiger partial charge in [0.2, 0.25) is 5.95 Å². The molecule has 0 N–H and O–H groups in total. The van der Waals surface area contributed by atoms with Crippen molar-refractivity contribution >= 4 is 33.3 Å². The summed E-state index contributed by atoms with van der Waals surface area (Å²) in [5.74, 6) is 3.15. The summed E-state index contributed by atoms with van der Waals surface area (Å²) in [5.41, 5.74) is 0.826. The molecule has 0 aromatic carbocycles. The lowest BCUT2D eigenvalue weighted by molar-refractivity contribution is 0.472. The molecule has 5 rings (SSSR count). The van der Waals surface area contributed by atoms with E-state index in [-0.39, 0.29) is 0 Å². The van der Waals surface area contributed by atoms with E-state index in [1.54, 1.807) is 12.4 Å². The van der Waals surface area contributed by atoms with Crippen molar-refractivity contribution in [3.63, 3.8) is 0 Å². The van der Waals surface area contributed by atoms with Crippen LogP contribution in [0.2, 0.25) is 0 Å². The molecule has 2 aliphatic rings. The van der Waals surface area contributed by atoms with Gasteiger partial charge in [0.15, 0.2) is 11.5 Å². The Balaban J connectivity index is 1.35. The molecule has 0 unspecified atom stereocenters. The van der Waals surface area contributed by atoms with Gasteiger partial charge in [-0.25, -0.2) is 9.97 Å². The molecule has 9 heteroatoms. The monoisotopic (exact) mass is 428 g/mol. The smallest absolute Gasteiger partial charge is 0.225 e. The Kier molecular flexibility index (Phi) is 4.39. The van der Waals surface area contributed by atoms with E-state index in [0.717, 1.165) is 66.7 Å². The van der Waals surface area contributed by atoms with Gasteiger partial charge in [0.1, 0.15) is 5.82 Å². The number of hydrogen-bond donors (Lipinski definition) is 0. The Hall–Kier alpha value is -2.29. The van der Waals surface area contributed by atoms with E-state index in [1.165, 1.54) is 12.8 Å². The highest BCUT2D eigenvalue weighted by Crippen LogP contribution is 2.29. The van der Waals surface area contributed by atoms with Gasteiger partial charge in [0.05, 0.1) is 4.47 Å². The summed E-state index contributed by atoms with van der Waals surface area (Å²) >= 11 is 3.39. The maximum absolute atomic E-state index is 4.85. The molecule has 27 heavy (non-hydrogen) atoms. The molecule has 0 amide bonds. The minimum atomic E-state index is 0.355. The second kappa shape index (κ2) is 7.03. The van der Waals surface area contributed by atoms with Crippen molar-refractivity contribution in [1.82, 2.24) is 29.8 Å². The van der Waals surface area contributed by atoms with E-state index in [2.05, 4.69) is 52.0 Å². The van der Waals surface area contributed by atoms with Crippen molar-refractivity contribution in [3.8, 4) is 0 Å². The topological polar surface area (TPSA) is 75.3 Å². The molecular weight excluding hydrogens is 408 g/mol. The van der Waals surface area contributed by atoms with Crippen LogP contribution in [0, 0.1) is 0 Å². The van der Waals surface area contributed by atoms with Gasteiger partial charge in [-0.05, 0) is 53.7 Å². The molecule has 0 saturated carbocycles. The first-order chi connectivity index (χ1) is 13.3. The summed E-state index contributed by atoms with van der Waals surface area (Å²) in [4.78, 5) is 13.4. The van der Waals surface area contributed by atoms with Crippen molar-refractivity contribution < 1.29 is 0 Å². The molecule has 0 radical (unpaired) electrons. The predicted molar refractivity (Wildman–Crippen MR) is 106 cm³/mol. The summed E-state index contributed by atoms with van der Waals surface area (Å²) in [7, 11) is 0. The predicted octanol–water partition coefficient (Wildman–Crippen LogP) is 2.66. The molecule has 140 valence electrons. The molecule has 0 aliphatic carbocycles. The van der Waals surface area contributed by atoms with Gasteiger partial charge in [-0.1, -0.05) is 0 Å². The zero-order chi connectivity index (χ0) is 18.2. The second-order valence-corrected chi connectivity index (χ2v) is 8.09. The minimum Gasteiger partial charge on any atom is -0.355 e. The van der Waals surface area contributed by atoms with Crippen LogP contribution in [0.25, 0.3) is 5.65 Å². The molecule has 0 atom stereocenters. The zero-order valence-corrected chi connectivity index (χ0v) is 16.6. The highest BCUT2D eigenvalue weighted by molar-refractivity contribution is 9.10. The maximum atomic E-state index is 4.85. The molecule has 0 bridgehead atoms. The Morgan fingerprint density at radius 2 is 1.63 bits per heavy atom. The molecule has 2 fully saturated rings. The van der Waals surface area contributed by atoms with Gasteiger partial charge < -0.3 is 9.80 Å². The lowest BCUT2D eigenvalue weighted by Crippen LogP contribution is -2.34. The molecule has 2 saturated heterocycles. The lowest BCUT2D eigenvalue weighted by atomic mass is 9.96. The first-order valence-corrected chi connectivity index (χ1v) is 10.3. The quantitative estimate of drug-likeness (QED) is 0.634. The third-order valence-electron chi connectivity index (χ3n) is 5.45. The first kappa shape index (κ1) is 16.9. The first-order valence-electron chi connectivity index (χ1n) is 9.48. The van der Waals surface area contributed by atoms with Crippen molar-refractivity contribution in [3.05, 3.63) is 34.8 Å². The molecule has 8 nitrogen and oxygen atoms in total. The highest BCUT2D eigenvalue weighted by atomic mass is 79.9. The van der Waals surface area contributed by atoms with Crippen LogP contribution in [0.5, 0.6) is 0 Å². The van der Waals surface area contributed by atoms with Crippen LogP contribution in [0.1, 0.15) is 37.4 Å². The summed E-state index contributed by atoms with van der Waals surface area (Å²) in [5, 5.41) is 13.7. The van der Waals surface area contributed by atoms with E-state index in [4.69, 9.17) is 5.10 Å². The molecule has 5 heterocycles. The number of piperidine rings is 1. The molecule has 3 aromatic rings. The van der Waals surface area contributed by atoms with Crippen LogP contribution in [-0.2, 0) is 0 Å². The summed E-state index contributed by atoms with van der Waals surface area (Å²) in [6.45, 7) is 3.99. The number of nitrogens with zero attached hydrogens (tertiary/aromatic N) is 8. The number of anilines is 2. The number of hydrogen-bond acceptors (Lipinski definition) is 7. The minimum absolute atomic E-state index is 0.355. The van der Waals surface area contributed by atoms with E-state index in [0.29, 0.717) is 5.92 Å². The van der Waals surface area contributed by atoms with Gasteiger partial charge in [0.25, 0.3) is 0 Å². The number of aromatic nitrogens is 6.